The minimum atomic E-state index is -0.0499. The van der Waals surface area contributed by atoms with E-state index in [0.29, 0.717) is 13.2 Å². The molecule has 1 heterocycles. The van der Waals surface area contributed by atoms with Gasteiger partial charge in [-0.15, -0.1) is 10.2 Å². The van der Waals surface area contributed by atoms with Crippen LogP contribution in [0.1, 0.15) is 36.7 Å². The zero-order valence-corrected chi connectivity index (χ0v) is 16.3. The quantitative estimate of drug-likeness (QED) is 0.729. The van der Waals surface area contributed by atoms with Crippen molar-refractivity contribution in [3.63, 3.8) is 0 Å². The molecule has 1 amide bonds. The first-order valence-electron chi connectivity index (χ1n) is 8.35. The zero-order valence-electron chi connectivity index (χ0n) is 15.5. The second-order valence-corrected chi connectivity index (χ2v) is 7.17. The molecule has 0 atom stereocenters. The third kappa shape index (κ3) is 5.06. The van der Waals surface area contributed by atoms with Gasteiger partial charge in [-0.05, 0) is 31.0 Å². The van der Waals surface area contributed by atoms with Crippen molar-refractivity contribution in [2.24, 2.45) is 0 Å². The van der Waals surface area contributed by atoms with Gasteiger partial charge < -0.3 is 14.6 Å². The van der Waals surface area contributed by atoms with E-state index in [2.05, 4.69) is 29.4 Å². The Balaban J connectivity index is 2.03. The first kappa shape index (κ1) is 19.5. The van der Waals surface area contributed by atoms with Gasteiger partial charge >= 0.3 is 0 Å². The zero-order chi connectivity index (χ0) is 18.4. The van der Waals surface area contributed by atoms with Crippen molar-refractivity contribution in [2.75, 3.05) is 24.8 Å². The summed E-state index contributed by atoms with van der Waals surface area (Å²) in [5, 5.41) is 12.2. The standard InChI is InChI=1S/C18H26N4O2S/c1-12(2)17-20-21-18(22(17)9-10-24-5)25-11-16(23)19-15-8-6-7-13(3)14(15)4/h6-8,12H,9-11H2,1-5H3,(H,19,23). The van der Waals surface area contributed by atoms with Crippen LogP contribution >= 0.6 is 11.8 Å². The summed E-state index contributed by atoms with van der Waals surface area (Å²) in [7, 11) is 1.67. The number of anilines is 1. The fraction of sp³-hybridized carbons (Fsp3) is 0.500. The van der Waals surface area contributed by atoms with Gasteiger partial charge in [-0.3, -0.25) is 4.79 Å². The monoisotopic (exact) mass is 362 g/mol. The number of carbonyl (C=O) groups is 1. The van der Waals surface area contributed by atoms with Crippen molar-refractivity contribution in [2.45, 2.75) is 45.3 Å². The maximum atomic E-state index is 12.3. The van der Waals surface area contributed by atoms with Crippen molar-refractivity contribution in [1.82, 2.24) is 14.8 Å². The van der Waals surface area contributed by atoms with Gasteiger partial charge in [0.25, 0.3) is 0 Å². The first-order chi connectivity index (χ1) is 11.9. The number of nitrogens with zero attached hydrogens (tertiary/aromatic N) is 3. The first-order valence-corrected chi connectivity index (χ1v) is 9.33. The van der Waals surface area contributed by atoms with E-state index in [1.54, 1.807) is 7.11 Å². The van der Waals surface area contributed by atoms with E-state index in [0.717, 1.165) is 27.8 Å². The molecule has 25 heavy (non-hydrogen) atoms. The molecule has 1 aromatic carbocycles. The maximum absolute atomic E-state index is 12.3. The summed E-state index contributed by atoms with van der Waals surface area (Å²) >= 11 is 1.39. The third-order valence-corrected chi connectivity index (χ3v) is 4.96. The van der Waals surface area contributed by atoms with Crippen LogP contribution in [0.3, 0.4) is 0 Å². The Morgan fingerprint density at radius 1 is 1.32 bits per heavy atom. The second-order valence-electron chi connectivity index (χ2n) is 6.22. The Kier molecular flexibility index (Phi) is 7.01. The molecule has 0 bridgehead atoms. The fourth-order valence-corrected chi connectivity index (χ4v) is 3.20. The average Bonchev–Trinajstić information content (AvgIpc) is 2.98. The molecule has 0 aliphatic heterocycles. The van der Waals surface area contributed by atoms with E-state index >= 15 is 0 Å². The number of aromatic nitrogens is 3. The molecule has 0 saturated carbocycles. The molecule has 7 heteroatoms. The Hall–Kier alpha value is -1.86. The molecule has 2 rings (SSSR count). The predicted molar refractivity (Wildman–Crippen MR) is 101 cm³/mol. The number of thioether (sulfide) groups is 1. The van der Waals surface area contributed by atoms with Crippen LogP contribution in [0, 0.1) is 13.8 Å². The normalized spacial score (nSPS) is 11.1. The Bertz CT molecular complexity index is 728. The molecule has 0 saturated heterocycles. The van der Waals surface area contributed by atoms with E-state index in [1.165, 1.54) is 11.8 Å². The second kappa shape index (κ2) is 9.01. The summed E-state index contributed by atoms with van der Waals surface area (Å²) < 4.78 is 7.20. The van der Waals surface area contributed by atoms with Crippen molar-refractivity contribution in [1.29, 1.82) is 0 Å². The highest BCUT2D eigenvalue weighted by molar-refractivity contribution is 7.99. The minimum absolute atomic E-state index is 0.0499. The number of amides is 1. The van der Waals surface area contributed by atoms with Gasteiger partial charge in [0.05, 0.1) is 12.4 Å². The van der Waals surface area contributed by atoms with Crippen LogP contribution in [0.4, 0.5) is 5.69 Å². The summed E-state index contributed by atoms with van der Waals surface area (Å²) in [5.41, 5.74) is 3.10. The summed E-state index contributed by atoms with van der Waals surface area (Å²) in [6.07, 6.45) is 0. The minimum Gasteiger partial charge on any atom is -0.383 e. The lowest BCUT2D eigenvalue weighted by atomic mass is 10.1. The van der Waals surface area contributed by atoms with Crippen LogP contribution in [0.5, 0.6) is 0 Å². The number of aryl methyl sites for hydroxylation is 1. The number of hydrogen-bond donors (Lipinski definition) is 1. The highest BCUT2D eigenvalue weighted by Crippen LogP contribution is 2.22. The molecule has 0 radical (unpaired) electrons. The number of nitrogens with one attached hydrogen (secondary N) is 1. The lowest BCUT2D eigenvalue weighted by Crippen LogP contribution is -2.16. The van der Waals surface area contributed by atoms with Crippen LogP contribution in [0.15, 0.2) is 23.4 Å². The van der Waals surface area contributed by atoms with Gasteiger partial charge in [-0.1, -0.05) is 37.7 Å². The van der Waals surface area contributed by atoms with Crippen molar-refractivity contribution < 1.29 is 9.53 Å². The number of carbonyl (C=O) groups excluding carboxylic acids is 1. The molecular formula is C18H26N4O2S. The van der Waals surface area contributed by atoms with Crippen LogP contribution in [0.2, 0.25) is 0 Å². The number of benzene rings is 1. The smallest absolute Gasteiger partial charge is 0.234 e. The van der Waals surface area contributed by atoms with E-state index in [-0.39, 0.29) is 17.6 Å². The number of methoxy groups -OCH3 is 1. The summed E-state index contributed by atoms with van der Waals surface area (Å²) in [4.78, 5) is 12.3. The van der Waals surface area contributed by atoms with E-state index in [9.17, 15) is 4.79 Å². The highest BCUT2D eigenvalue weighted by Gasteiger charge is 2.16. The molecule has 0 aliphatic carbocycles. The van der Waals surface area contributed by atoms with Crippen molar-refractivity contribution >= 4 is 23.4 Å². The lowest BCUT2D eigenvalue weighted by molar-refractivity contribution is -0.113. The maximum Gasteiger partial charge on any atom is 0.234 e. The van der Waals surface area contributed by atoms with Crippen molar-refractivity contribution in [3.05, 3.63) is 35.2 Å². The lowest BCUT2D eigenvalue weighted by Gasteiger charge is -2.12. The molecule has 136 valence electrons. The SMILES string of the molecule is COCCn1c(SCC(=O)Nc2cccc(C)c2C)nnc1C(C)C. The molecule has 0 unspecified atom stereocenters. The average molecular weight is 362 g/mol. The predicted octanol–water partition coefficient (Wildman–Crippen LogP) is 3.40. The molecule has 1 N–H and O–H groups in total. The Morgan fingerprint density at radius 3 is 2.76 bits per heavy atom. The molecule has 0 spiro atoms. The van der Waals surface area contributed by atoms with Crippen LogP contribution < -0.4 is 5.32 Å². The molecule has 0 fully saturated rings. The molecule has 1 aromatic heterocycles. The summed E-state index contributed by atoms with van der Waals surface area (Å²) in [6.45, 7) is 9.46. The highest BCUT2D eigenvalue weighted by atomic mass is 32.2. The number of rotatable bonds is 8. The van der Waals surface area contributed by atoms with E-state index < -0.39 is 0 Å². The van der Waals surface area contributed by atoms with Crippen LogP contribution in [0.25, 0.3) is 0 Å². The van der Waals surface area contributed by atoms with Crippen LogP contribution in [-0.4, -0.2) is 40.1 Å². The fourth-order valence-electron chi connectivity index (χ4n) is 2.43. The van der Waals surface area contributed by atoms with Gasteiger partial charge in [0.15, 0.2) is 5.16 Å². The summed E-state index contributed by atoms with van der Waals surface area (Å²) in [6, 6.07) is 5.90. The van der Waals surface area contributed by atoms with Crippen LogP contribution in [-0.2, 0) is 16.1 Å². The van der Waals surface area contributed by atoms with Gasteiger partial charge in [-0.2, -0.15) is 0 Å². The van der Waals surface area contributed by atoms with Gasteiger partial charge in [0, 0.05) is 25.3 Å². The van der Waals surface area contributed by atoms with Gasteiger partial charge in [0.1, 0.15) is 5.82 Å². The van der Waals surface area contributed by atoms with E-state index in [4.69, 9.17) is 4.74 Å². The Morgan fingerprint density at radius 2 is 2.08 bits per heavy atom. The van der Waals surface area contributed by atoms with Gasteiger partial charge in [-0.25, -0.2) is 0 Å². The number of hydrogen-bond acceptors (Lipinski definition) is 5. The molecular weight excluding hydrogens is 336 g/mol. The topological polar surface area (TPSA) is 69.0 Å². The largest absolute Gasteiger partial charge is 0.383 e. The van der Waals surface area contributed by atoms with Gasteiger partial charge in [0.2, 0.25) is 5.91 Å². The molecule has 6 nitrogen and oxygen atoms in total. The number of ether oxygens (including phenoxy) is 1. The third-order valence-electron chi connectivity index (χ3n) is 3.99. The molecule has 0 aliphatic rings. The van der Waals surface area contributed by atoms with Crippen molar-refractivity contribution in [3.8, 4) is 0 Å². The van der Waals surface area contributed by atoms with E-state index in [1.807, 2.05) is 36.6 Å². The summed E-state index contributed by atoms with van der Waals surface area (Å²) in [5.74, 6) is 1.42. The Labute approximate surface area is 153 Å². The molecule has 2 aromatic rings.